The van der Waals surface area contributed by atoms with E-state index in [2.05, 4.69) is 15.6 Å². The van der Waals surface area contributed by atoms with Gasteiger partial charge in [0.1, 0.15) is 11.5 Å². The van der Waals surface area contributed by atoms with Crippen molar-refractivity contribution in [3.63, 3.8) is 0 Å². The summed E-state index contributed by atoms with van der Waals surface area (Å²) in [6.45, 7) is 2.99. The maximum absolute atomic E-state index is 11.5. The maximum atomic E-state index is 11.5. The van der Waals surface area contributed by atoms with Crippen molar-refractivity contribution in [3.8, 4) is 0 Å². The molecule has 0 amide bonds. The number of nitrogens with zero attached hydrogens (tertiary/aromatic N) is 1. The second kappa shape index (κ2) is 9.93. The third kappa shape index (κ3) is 5.97. The molecule has 0 radical (unpaired) electrons. The molecule has 0 unspecified atom stereocenters. The van der Waals surface area contributed by atoms with Crippen LogP contribution in [0, 0.1) is 0 Å². The van der Waals surface area contributed by atoms with Crippen LogP contribution in [0.1, 0.15) is 29.0 Å². The van der Waals surface area contributed by atoms with Crippen LogP contribution >= 0.6 is 24.0 Å². The van der Waals surface area contributed by atoms with E-state index in [0.717, 1.165) is 5.76 Å². The van der Waals surface area contributed by atoms with Crippen molar-refractivity contribution >= 4 is 35.9 Å². The maximum Gasteiger partial charge on any atom is 0.374 e. The van der Waals surface area contributed by atoms with Gasteiger partial charge in [0.25, 0.3) is 0 Å². The zero-order chi connectivity index (χ0) is 15.8. The number of nitrogens with one attached hydrogen (secondary N) is 2. The van der Waals surface area contributed by atoms with E-state index >= 15 is 0 Å². The van der Waals surface area contributed by atoms with Crippen LogP contribution in [-0.2, 0) is 17.8 Å². The Kier molecular flexibility index (Phi) is 8.23. The van der Waals surface area contributed by atoms with Crippen LogP contribution in [0.5, 0.6) is 0 Å². The fourth-order valence-corrected chi connectivity index (χ4v) is 1.76. The fourth-order valence-electron chi connectivity index (χ4n) is 1.76. The standard InChI is InChI=1S/C15H19N3O4.HI/c1-3-20-14(19)13-7-6-12(22-13)10-18-15(16-2)17-9-11-5-4-8-21-11;/h4-8H,3,9-10H2,1-2H3,(H2,16,17,18);1H. The summed E-state index contributed by atoms with van der Waals surface area (Å²) in [4.78, 5) is 15.6. The summed E-state index contributed by atoms with van der Waals surface area (Å²) in [5.74, 6) is 1.76. The van der Waals surface area contributed by atoms with Crippen molar-refractivity contribution in [1.82, 2.24) is 10.6 Å². The molecule has 0 spiro atoms. The average molecular weight is 433 g/mol. The van der Waals surface area contributed by atoms with Gasteiger partial charge >= 0.3 is 5.97 Å². The molecule has 0 saturated heterocycles. The van der Waals surface area contributed by atoms with Gasteiger partial charge in [-0.15, -0.1) is 24.0 Å². The summed E-state index contributed by atoms with van der Waals surface area (Å²) in [5.41, 5.74) is 0. The largest absolute Gasteiger partial charge is 0.467 e. The number of ether oxygens (including phenoxy) is 1. The predicted molar refractivity (Wildman–Crippen MR) is 95.8 cm³/mol. The number of halogens is 1. The monoisotopic (exact) mass is 433 g/mol. The smallest absolute Gasteiger partial charge is 0.374 e. The number of rotatable bonds is 6. The van der Waals surface area contributed by atoms with E-state index in [4.69, 9.17) is 13.6 Å². The molecule has 8 heteroatoms. The minimum Gasteiger partial charge on any atom is -0.467 e. The average Bonchev–Trinajstić information content (AvgIpc) is 3.19. The topological polar surface area (TPSA) is 89.0 Å². The van der Waals surface area contributed by atoms with Crippen molar-refractivity contribution in [2.45, 2.75) is 20.0 Å². The molecule has 126 valence electrons. The van der Waals surface area contributed by atoms with E-state index in [9.17, 15) is 4.79 Å². The third-order valence-corrected chi connectivity index (χ3v) is 2.80. The summed E-state index contributed by atoms with van der Waals surface area (Å²) < 4.78 is 15.5. The first-order chi connectivity index (χ1) is 10.7. The number of esters is 1. The highest BCUT2D eigenvalue weighted by molar-refractivity contribution is 14.0. The lowest BCUT2D eigenvalue weighted by molar-refractivity contribution is 0.0488. The molecule has 2 rings (SSSR count). The van der Waals surface area contributed by atoms with E-state index in [1.807, 2.05) is 12.1 Å². The number of furan rings is 2. The molecule has 0 bridgehead atoms. The van der Waals surface area contributed by atoms with Crippen molar-refractivity contribution in [2.24, 2.45) is 4.99 Å². The van der Waals surface area contributed by atoms with Crippen LogP contribution in [0.4, 0.5) is 0 Å². The molecule has 2 heterocycles. The lowest BCUT2D eigenvalue weighted by atomic mass is 10.4. The van der Waals surface area contributed by atoms with Crippen LogP contribution in [0.3, 0.4) is 0 Å². The molecular weight excluding hydrogens is 413 g/mol. The number of aliphatic imine (C=N–C) groups is 1. The Morgan fingerprint density at radius 1 is 1.22 bits per heavy atom. The van der Waals surface area contributed by atoms with Crippen molar-refractivity contribution < 1.29 is 18.4 Å². The van der Waals surface area contributed by atoms with Crippen LogP contribution in [0.2, 0.25) is 0 Å². The Morgan fingerprint density at radius 2 is 1.96 bits per heavy atom. The summed E-state index contributed by atoms with van der Waals surface area (Å²) in [5, 5.41) is 6.19. The summed E-state index contributed by atoms with van der Waals surface area (Å²) in [6, 6.07) is 7.01. The zero-order valence-electron chi connectivity index (χ0n) is 13.0. The Labute approximate surface area is 151 Å². The predicted octanol–water partition coefficient (Wildman–Crippen LogP) is 2.53. The van der Waals surface area contributed by atoms with Gasteiger partial charge in [-0.2, -0.15) is 0 Å². The van der Waals surface area contributed by atoms with Crippen molar-refractivity contribution in [2.75, 3.05) is 13.7 Å². The van der Waals surface area contributed by atoms with Crippen LogP contribution in [0.25, 0.3) is 0 Å². The molecule has 0 aliphatic carbocycles. The van der Waals surface area contributed by atoms with E-state index in [0.29, 0.717) is 31.4 Å². The molecule has 0 aliphatic rings. The van der Waals surface area contributed by atoms with Gasteiger partial charge in [-0.05, 0) is 31.2 Å². The van der Waals surface area contributed by atoms with Crippen LogP contribution in [0.15, 0.2) is 44.4 Å². The summed E-state index contributed by atoms with van der Waals surface area (Å²) >= 11 is 0. The van der Waals surface area contributed by atoms with Crippen molar-refractivity contribution in [1.29, 1.82) is 0 Å². The highest BCUT2D eigenvalue weighted by atomic mass is 127. The molecule has 2 N–H and O–H groups in total. The SMILES string of the molecule is CCOC(=O)c1ccc(CNC(=NC)NCc2ccco2)o1.I. The quantitative estimate of drug-likeness (QED) is 0.315. The number of carbonyl (C=O) groups is 1. The first kappa shape index (κ1) is 19.1. The molecular formula is C15H20IN3O4. The van der Waals surface area contributed by atoms with Gasteiger partial charge in [-0.25, -0.2) is 4.79 Å². The van der Waals surface area contributed by atoms with E-state index in [-0.39, 0.29) is 29.7 Å². The molecule has 0 atom stereocenters. The van der Waals surface area contributed by atoms with Gasteiger partial charge in [0, 0.05) is 7.05 Å². The van der Waals surface area contributed by atoms with Gasteiger partial charge < -0.3 is 24.2 Å². The van der Waals surface area contributed by atoms with Gasteiger partial charge in [-0.1, -0.05) is 0 Å². The summed E-state index contributed by atoms with van der Waals surface area (Å²) in [7, 11) is 1.67. The lowest BCUT2D eigenvalue weighted by Crippen LogP contribution is -2.36. The third-order valence-electron chi connectivity index (χ3n) is 2.80. The van der Waals surface area contributed by atoms with Crippen LogP contribution < -0.4 is 10.6 Å². The first-order valence-electron chi connectivity index (χ1n) is 6.95. The molecule has 0 saturated carbocycles. The van der Waals surface area contributed by atoms with E-state index in [1.165, 1.54) is 0 Å². The molecule has 0 fully saturated rings. The highest BCUT2D eigenvalue weighted by Gasteiger charge is 2.12. The lowest BCUT2D eigenvalue weighted by Gasteiger charge is -2.09. The Bertz CT molecular complexity index is 622. The van der Waals surface area contributed by atoms with Gasteiger partial charge in [0.2, 0.25) is 5.76 Å². The Hall–Kier alpha value is -1.97. The zero-order valence-corrected chi connectivity index (χ0v) is 15.3. The molecule has 2 aromatic rings. The molecule has 23 heavy (non-hydrogen) atoms. The Morgan fingerprint density at radius 3 is 2.57 bits per heavy atom. The number of guanidine groups is 1. The minimum absolute atomic E-state index is 0. The fraction of sp³-hybridized carbons (Fsp3) is 0.333. The molecule has 0 aliphatic heterocycles. The number of hydrogen-bond donors (Lipinski definition) is 2. The van der Waals surface area contributed by atoms with Gasteiger partial charge in [0.05, 0.1) is 26.0 Å². The van der Waals surface area contributed by atoms with Gasteiger partial charge in [-0.3, -0.25) is 4.99 Å². The summed E-state index contributed by atoms with van der Waals surface area (Å²) in [6.07, 6.45) is 1.62. The molecule has 2 aromatic heterocycles. The van der Waals surface area contributed by atoms with Crippen molar-refractivity contribution in [3.05, 3.63) is 47.8 Å². The Balaban J connectivity index is 0.00000264. The molecule has 0 aromatic carbocycles. The second-order valence-corrected chi connectivity index (χ2v) is 4.35. The van der Waals surface area contributed by atoms with Crippen LogP contribution in [-0.4, -0.2) is 25.6 Å². The normalized spacial score (nSPS) is 10.8. The second-order valence-electron chi connectivity index (χ2n) is 4.35. The van der Waals surface area contributed by atoms with E-state index < -0.39 is 5.97 Å². The minimum atomic E-state index is -0.464. The molecule has 7 nitrogen and oxygen atoms in total. The van der Waals surface area contributed by atoms with Gasteiger partial charge in [0.15, 0.2) is 5.96 Å². The van der Waals surface area contributed by atoms with E-state index in [1.54, 1.807) is 32.4 Å². The first-order valence-corrected chi connectivity index (χ1v) is 6.95. The number of hydrogen-bond acceptors (Lipinski definition) is 5. The highest BCUT2D eigenvalue weighted by Crippen LogP contribution is 2.09. The number of carbonyl (C=O) groups excluding carboxylic acids is 1.